The van der Waals surface area contributed by atoms with E-state index in [9.17, 15) is 9.59 Å². The minimum Gasteiger partial charge on any atom is -0.376 e. The lowest BCUT2D eigenvalue weighted by Crippen LogP contribution is -2.32. The lowest BCUT2D eigenvalue weighted by Gasteiger charge is -2.21. The summed E-state index contributed by atoms with van der Waals surface area (Å²) in [5.74, 6) is -0.141. The number of amides is 2. The molecule has 2 amide bonds. The lowest BCUT2D eigenvalue weighted by molar-refractivity contribution is -0.114. The summed E-state index contributed by atoms with van der Waals surface area (Å²) in [5, 5.41) is 6.05. The Morgan fingerprint density at radius 3 is 2.32 bits per heavy atom. The Morgan fingerprint density at radius 1 is 0.964 bits per heavy atom. The molecule has 28 heavy (non-hydrogen) atoms. The van der Waals surface area contributed by atoms with Crippen LogP contribution in [0.2, 0.25) is 0 Å². The van der Waals surface area contributed by atoms with Crippen LogP contribution < -0.4 is 10.6 Å². The van der Waals surface area contributed by atoms with Gasteiger partial charge >= 0.3 is 0 Å². The third-order valence-electron chi connectivity index (χ3n) is 4.71. The maximum absolute atomic E-state index is 12.7. The van der Waals surface area contributed by atoms with Crippen molar-refractivity contribution in [2.45, 2.75) is 40.5 Å². The molecule has 2 rings (SSSR count). The van der Waals surface area contributed by atoms with E-state index in [0.717, 1.165) is 37.2 Å². The van der Waals surface area contributed by atoms with E-state index in [2.05, 4.69) is 24.5 Å². The number of nitrogens with one attached hydrogen (secondary N) is 2. The number of carbonyl (C=O) groups is 2. The van der Waals surface area contributed by atoms with Gasteiger partial charge in [-0.3, -0.25) is 9.59 Å². The second-order valence-corrected chi connectivity index (χ2v) is 7.02. The smallest absolute Gasteiger partial charge is 0.253 e. The standard InChI is InChI=1S/C23H31N3O2/c1-5-13-26(14-6-2)23(28)19-10-8-11-20(15-19)25-22(27)16-24-21-12-7-9-17(3)18(21)4/h7-12,15,24H,5-6,13-14,16H2,1-4H3,(H,25,27). The predicted molar refractivity (Wildman–Crippen MR) is 116 cm³/mol. The third kappa shape index (κ3) is 5.84. The zero-order valence-corrected chi connectivity index (χ0v) is 17.3. The molecule has 5 nitrogen and oxygen atoms in total. The fourth-order valence-electron chi connectivity index (χ4n) is 3.09. The van der Waals surface area contributed by atoms with E-state index in [1.807, 2.05) is 36.9 Å². The highest BCUT2D eigenvalue weighted by molar-refractivity contribution is 5.98. The van der Waals surface area contributed by atoms with Crippen LogP contribution in [0.25, 0.3) is 0 Å². The number of nitrogens with zero attached hydrogens (tertiary/aromatic N) is 1. The summed E-state index contributed by atoms with van der Waals surface area (Å²) in [6, 6.07) is 13.1. The predicted octanol–water partition coefficient (Wildman–Crippen LogP) is 4.62. The summed E-state index contributed by atoms with van der Waals surface area (Å²) >= 11 is 0. The van der Waals surface area contributed by atoms with Gasteiger partial charge in [-0.25, -0.2) is 0 Å². The summed E-state index contributed by atoms with van der Waals surface area (Å²) in [7, 11) is 0. The van der Waals surface area contributed by atoms with Crippen molar-refractivity contribution in [1.82, 2.24) is 4.90 Å². The van der Waals surface area contributed by atoms with Crippen molar-refractivity contribution in [2.75, 3.05) is 30.3 Å². The van der Waals surface area contributed by atoms with Crippen molar-refractivity contribution >= 4 is 23.2 Å². The quantitative estimate of drug-likeness (QED) is 0.666. The van der Waals surface area contributed by atoms with E-state index in [4.69, 9.17) is 0 Å². The zero-order chi connectivity index (χ0) is 20.5. The fraction of sp³-hybridized carbons (Fsp3) is 0.391. The maximum Gasteiger partial charge on any atom is 0.253 e. The molecule has 0 aromatic heterocycles. The average Bonchev–Trinajstić information content (AvgIpc) is 2.68. The first kappa shape index (κ1) is 21.5. The first-order chi connectivity index (χ1) is 13.5. The lowest BCUT2D eigenvalue weighted by atomic mass is 10.1. The van der Waals surface area contributed by atoms with E-state index >= 15 is 0 Å². The summed E-state index contributed by atoms with van der Waals surface area (Å²) in [5.41, 5.74) is 4.50. The number of carbonyl (C=O) groups excluding carboxylic acids is 2. The van der Waals surface area contributed by atoms with E-state index < -0.39 is 0 Å². The number of rotatable bonds is 9. The van der Waals surface area contributed by atoms with Gasteiger partial charge in [-0.1, -0.05) is 32.0 Å². The van der Waals surface area contributed by atoms with E-state index in [0.29, 0.717) is 11.3 Å². The highest BCUT2D eigenvalue weighted by Gasteiger charge is 2.15. The van der Waals surface area contributed by atoms with Crippen LogP contribution in [0.5, 0.6) is 0 Å². The second kappa shape index (κ2) is 10.5. The van der Waals surface area contributed by atoms with Gasteiger partial charge < -0.3 is 15.5 Å². The van der Waals surface area contributed by atoms with E-state index in [1.54, 1.807) is 24.3 Å². The topological polar surface area (TPSA) is 61.4 Å². The minimum absolute atomic E-state index is 0.00769. The molecule has 0 bridgehead atoms. The van der Waals surface area contributed by atoms with Crippen LogP contribution in [0.1, 0.15) is 48.2 Å². The Bertz CT molecular complexity index is 811. The second-order valence-electron chi connectivity index (χ2n) is 7.02. The van der Waals surface area contributed by atoms with Crippen molar-refractivity contribution in [3.05, 3.63) is 59.2 Å². The van der Waals surface area contributed by atoms with Gasteiger partial charge in [0.05, 0.1) is 6.54 Å². The molecule has 0 aliphatic rings. The van der Waals surface area contributed by atoms with Crippen molar-refractivity contribution in [2.24, 2.45) is 0 Å². The summed E-state index contributed by atoms with van der Waals surface area (Å²) < 4.78 is 0. The molecule has 2 aromatic carbocycles. The zero-order valence-electron chi connectivity index (χ0n) is 17.3. The maximum atomic E-state index is 12.7. The highest BCUT2D eigenvalue weighted by Crippen LogP contribution is 2.18. The number of hydrogen-bond acceptors (Lipinski definition) is 3. The molecular formula is C23H31N3O2. The average molecular weight is 382 g/mol. The van der Waals surface area contributed by atoms with E-state index in [-0.39, 0.29) is 18.4 Å². The van der Waals surface area contributed by atoms with Crippen molar-refractivity contribution in [3.8, 4) is 0 Å². The Labute approximate surface area is 168 Å². The van der Waals surface area contributed by atoms with Gasteiger partial charge in [0.2, 0.25) is 5.91 Å². The molecule has 0 unspecified atom stereocenters. The molecule has 0 spiro atoms. The number of aryl methyl sites for hydroxylation is 1. The third-order valence-corrected chi connectivity index (χ3v) is 4.71. The Kier molecular flexibility index (Phi) is 8.05. The monoisotopic (exact) mass is 381 g/mol. The van der Waals surface area contributed by atoms with Crippen LogP contribution in [0.4, 0.5) is 11.4 Å². The molecule has 0 atom stereocenters. The normalized spacial score (nSPS) is 10.4. The summed E-state index contributed by atoms with van der Waals surface area (Å²) in [6.07, 6.45) is 1.85. The molecule has 2 N–H and O–H groups in total. The molecule has 0 radical (unpaired) electrons. The van der Waals surface area contributed by atoms with Gasteiger partial charge in [0.1, 0.15) is 0 Å². The molecule has 0 saturated heterocycles. The molecule has 5 heteroatoms. The molecule has 150 valence electrons. The highest BCUT2D eigenvalue weighted by atomic mass is 16.2. The van der Waals surface area contributed by atoms with Gasteiger partial charge in [-0.05, 0) is 62.1 Å². The summed E-state index contributed by atoms with van der Waals surface area (Å²) in [4.78, 5) is 26.9. The number of hydrogen-bond donors (Lipinski definition) is 2. The molecular weight excluding hydrogens is 350 g/mol. The number of benzene rings is 2. The van der Waals surface area contributed by atoms with Crippen LogP contribution in [-0.4, -0.2) is 36.3 Å². The SMILES string of the molecule is CCCN(CCC)C(=O)c1cccc(NC(=O)CNc2cccc(C)c2C)c1. The number of anilines is 2. The van der Waals surface area contributed by atoms with Crippen LogP contribution in [0.3, 0.4) is 0 Å². The van der Waals surface area contributed by atoms with Gasteiger partial charge in [-0.15, -0.1) is 0 Å². The van der Waals surface area contributed by atoms with E-state index in [1.165, 1.54) is 5.56 Å². The van der Waals surface area contributed by atoms with Gasteiger partial charge in [0, 0.05) is 30.0 Å². The van der Waals surface area contributed by atoms with Gasteiger partial charge in [-0.2, -0.15) is 0 Å². The van der Waals surface area contributed by atoms with Crippen molar-refractivity contribution in [1.29, 1.82) is 0 Å². The molecule has 0 aliphatic heterocycles. The first-order valence-electron chi connectivity index (χ1n) is 9.95. The molecule has 0 aliphatic carbocycles. The van der Waals surface area contributed by atoms with Crippen LogP contribution in [-0.2, 0) is 4.79 Å². The minimum atomic E-state index is -0.149. The molecule has 0 saturated carbocycles. The Morgan fingerprint density at radius 2 is 1.64 bits per heavy atom. The van der Waals surface area contributed by atoms with Crippen LogP contribution in [0, 0.1) is 13.8 Å². The van der Waals surface area contributed by atoms with Crippen LogP contribution in [0.15, 0.2) is 42.5 Å². The Balaban J connectivity index is 2.00. The van der Waals surface area contributed by atoms with Crippen molar-refractivity contribution < 1.29 is 9.59 Å². The first-order valence-corrected chi connectivity index (χ1v) is 9.95. The Hall–Kier alpha value is -2.82. The molecule has 0 heterocycles. The molecule has 2 aromatic rings. The fourth-order valence-corrected chi connectivity index (χ4v) is 3.09. The van der Waals surface area contributed by atoms with Gasteiger partial charge in [0.25, 0.3) is 5.91 Å². The largest absolute Gasteiger partial charge is 0.376 e. The van der Waals surface area contributed by atoms with Crippen molar-refractivity contribution in [3.63, 3.8) is 0 Å². The van der Waals surface area contributed by atoms with Gasteiger partial charge in [0.15, 0.2) is 0 Å². The summed E-state index contributed by atoms with van der Waals surface area (Å²) in [6.45, 7) is 9.85. The van der Waals surface area contributed by atoms with Crippen LogP contribution >= 0.6 is 0 Å². The molecule has 0 fully saturated rings.